The molecule has 0 aliphatic rings. The number of carbonyl (C=O) groups excluding carboxylic acids is 1. The molecule has 2 rings (SSSR count). The van der Waals surface area contributed by atoms with E-state index in [1.165, 1.54) is 29.8 Å². The topological polar surface area (TPSA) is 79.0 Å². The predicted molar refractivity (Wildman–Crippen MR) is 106 cm³/mol. The number of amides is 2. The van der Waals surface area contributed by atoms with E-state index in [0.29, 0.717) is 18.8 Å². The van der Waals surface area contributed by atoms with E-state index in [2.05, 4.69) is 14.4 Å². The van der Waals surface area contributed by atoms with Crippen LogP contribution in [0.5, 0.6) is 5.75 Å². The molecule has 2 amide bonds. The van der Waals surface area contributed by atoms with Crippen LogP contribution in [0.25, 0.3) is 0 Å². The average molecular weight is 409 g/mol. The Bertz CT molecular complexity index is 884. The summed E-state index contributed by atoms with van der Waals surface area (Å²) in [7, 11) is -1.06. The van der Waals surface area contributed by atoms with Gasteiger partial charge < -0.3 is 19.3 Å². The molecular weight excluding hydrogens is 385 g/mol. The number of halogens is 1. The maximum Gasteiger partial charge on any atom is 0.488 e. The molecular formula is C19H24FN3O4S. The Balaban J connectivity index is 1.97. The van der Waals surface area contributed by atoms with Crippen molar-refractivity contribution in [3.63, 3.8) is 0 Å². The Morgan fingerprint density at radius 3 is 2.00 bits per heavy atom. The van der Waals surface area contributed by atoms with Crippen LogP contribution in [-0.4, -0.2) is 44.9 Å². The summed E-state index contributed by atoms with van der Waals surface area (Å²) < 4.78 is 37.6. The van der Waals surface area contributed by atoms with Gasteiger partial charge in [0.2, 0.25) is 0 Å². The largest absolute Gasteiger partial charge is 0.488 e. The normalized spacial score (nSPS) is 11.3. The van der Waals surface area contributed by atoms with Crippen molar-refractivity contribution in [1.82, 2.24) is 9.80 Å². The lowest BCUT2D eigenvalue weighted by atomic mass is 10.1. The van der Waals surface area contributed by atoms with Crippen molar-refractivity contribution in [1.29, 1.82) is 0 Å². The van der Waals surface area contributed by atoms with E-state index < -0.39 is 10.5 Å². The van der Waals surface area contributed by atoms with Gasteiger partial charge in [-0.25, -0.2) is 4.79 Å². The Labute approximate surface area is 165 Å². The van der Waals surface area contributed by atoms with Crippen molar-refractivity contribution < 1.29 is 21.3 Å². The standard InChI is InChI=1S/C19H24FN3O4S/c1-4-23(14-16-7-5-15(6-8-16)13-22(2)3)19(24)21-17-9-11-18(12-10-17)27-28(20,25)26/h5-12H,4,13-14H2,1-3H3,(H,21,24). The second kappa shape index (κ2) is 9.52. The summed E-state index contributed by atoms with van der Waals surface area (Å²) in [5.74, 6) is -0.175. The van der Waals surface area contributed by atoms with E-state index in [1.54, 1.807) is 4.90 Å². The molecule has 2 aromatic rings. The molecule has 0 bridgehead atoms. The lowest BCUT2D eigenvalue weighted by Crippen LogP contribution is -2.34. The fourth-order valence-electron chi connectivity index (χ4n) is 2.57. The Morgan fingerprint density at radius 1 is 1.00 bits per heavy atom. The first-order chi connectivity index (χ1) is 13.2. The van der Waals surface area contributed by atoms with Crippen LogP contribution in [0.4, 0.5) is 14.4 Å². The number of nitrogens with zero attached hydrogens (tertiary/aromatic N) is 2. The third-order valence-electron chi connectivity index (χ3n) is 3.87. The first-order valence-corrected chi connectivity index (χ1v) is 9.99. The molecule has 0 fully saturated rings. The molecule has 0 saturated heterocycles. The van der Waals surface area contributed by atoms with E-state index in [0.717, 1.165) is 12.1 Å². The van der Waals surface area contributed by atoms with E-state index >= 15 is 0 Å². The van der Waals surface area contributed by atoms with Gasteiger partial charge in [0.25, 0.3) is 0 Å². The highest BCUT2D eigenvalue weighted by molar-refractivity contribution is 7.81. The maximum absolute atomic E-state index is 12.5. The highest BCUT2D eigenvalue weighted by Gasteiger charge is 2.13. The molecule has 0 saturated carbocycles. The highest BCUT2D eigenvalue weighted by atomic mass is 32.3. The van der Waals surface area contributed by atoms with Gasteiger partial charge in [-0.3, -0.25) is 0 Å². The first-order valence-electron chi connectivity index (χ1n) is 8.69. The van der Waals surface area contributed by atoms with Gasteiger partial charge in [-0.15, -0.1) is 0 Å². The van der Waals surface area contributed by atoms with Gasteiger partial charge in [0.1, 0.15) is 5.75 Å². The minimum absolute atomic E-state index is 0.175. The van der Waals surface area contributed by atoms with Crippen LogP contribution in [0.15, 0.2) is 48.5 Å². The second-order valence-corrected chi connectivity index (χ2v) is 7.45. The molecule has 7 nitrogen and oxygen atoms in total. The molecule has 0 spiro atoms. The van der Waals surface area contributed by atoms with Crippen molar-refractivity contribution >= 4 is 22.2 Å². The molecule has 0 heterocycles. The quantitative estimate of drug-likeness (QED) is 0.676. The van der Waals surface area contributed by atoms with Crippen molar-refractivity contribution in [2.45, 2.75) is 20.0 Å². The van der Waals surface area contributed by atoms with Crippen LogP contribution in [0.1, 0.15) is 18.1 Å². The van der Waals surface area contributed by atoms with Crippen molar-refractivity contribution in [2.75, 3.05) is 26.0 Å². The molecule has 0 aliphatic carbocycles. The summed E-state index contributed by atoms with van der Waals surface area (Å²) >= 11 is 0. The Hall–Kier alpha value is -2.65. The van der Waals surface area contributed by atoms with Gasteiger partial charge in [-0.05, 0) is 56.4 Å². The van der Waals surface area contributed by atoms with Gasteiger partial charge >= 0.3 is 16.5 Å². The zero-order valence-electron chi connectivity index (χ0n) is 16.1. The summed E-state index contributed by atoms with van der Waals surface area (Å²) in [6.45, 7) is 3.68. The van der Waals surface area contributed by atoms with Gasteiger partial charge in [-0.1, -0.05) is 28.2 Å². The molecule has 152 valence electrons. The summed E-state index contributed by atoms with van der Waals surface area (Å²) in [6.07, 6.45) is 0. The SMILES string of the molecule is CCN(Cc1ccc(CN(C)C)cc1)C(=O)Nc1ccc(OS(=O)(=O)F)cc1. The molecule has 28 heavy (non-hydrogen) atoms. The van der Waals surface area contributed by atoms with Gasteiger partial charge in [0.05, 0.1) is 0 Å². The molecule has 0 unspecified atom stereocenters. The zero-order valence-corrected chi connectivity index (χ0v) is 16.9. The maximum atomic E-state index is 12.5. The van der Waals surface area contributed by atoms with Crippen molar-refractivity contribution in [3.8, 4) is 5.75 Å². The molecule has 0 aliphatic heterocycles. The first kappa shape index (κ1) is 21.6. The van der Waals surface area contributed by atoms with Crippen LogP contribution in [0.3, 0.4) is 0 Å². The van der Waals surface area contributed by atoms with Crippen molar-refractivity contribution in [3.05, 3.63) is 59.7 Å². The number of benzene rings is 2. The van der Waals surface area contributed by atoms with Crippen LogP contribution < -0.4 is 9.50 Å². The van der Waals surface area contributed by atoms with Crippen LogP contribution in [-0.2, 0) is 23.6 Å². The number of hydrogen-bond donors (Lipinski definition) is 1. The van der Waals surface area contributed by atoms with Crippen LogP contribution in [0.2, 0.25) is 0 Å². The van der Waals surface area contributed by atoms with E-state index in [1.807, 2.05) is 45.3 Å². The molecule has 9 heteroatoms. The number of carbonyl (C=O) groups is 1. The Morgan fingerprint density at radius 2 is 1.54 bits per heavy atom. The van der Waals surface area contributed by atoms with E-state index in [-0.39, 0.29) is 11.8 Å². The second-order valence-electron chi connectivity index (χ2n) is 6.50. The van der Waals surface area contributed by atoms with E-state index in [4.69, 9.17) is 0 Å². The lowest BCUT2D eigenvalue weighted by molar-refractivity contribution is 0.212. The molecule has 0 atom stereocenters. The number of anilines is 1. The number of urea groups is 1. The fraction of sp³-hybridized carbons (Fsp3) is 0.316. The van der Waals surface area contributed by atoms with Crippen LogP contribution in [0, 0.1) is 0 Å². The van der Waals surface area contributed by atoms with Gasteiger partial charge in [0, 0.05) is 25.3 Å². The minimum atomic E-state index is -5.07. The predicted octanol–water partition coefficient (Wildman–Crippen LogP) is 3.40. The monoisotopic (exact) mass is 409 g/mol. The average Bonchev–Trinajstić information content (AvgIpc) is 2.61. The smallest absolute Gasteiger partial charge is 0.358 e. The van der Waals surface area contributed by atoms with Gasteiger partial charge in [-0.2, -0.15) is 8.42 Å². The summed E-state index contributed by atoms with van der Waals surface area (Å²) in [5, 5.41) is 2.72. The zero-order chi connectivity index (χ0) is 20.7. The molecule has 0 aromatic heterocycles. The molecule has 0 radical (unpaired) electrons. The number of nitrogens with one attached hydrogen (secondary N) is 1. The fourth-order valence-corrected chi connectivity index (χ4v) is 2.92. The van der Waals surface area contributed by atoms with Crippen LogP contribution >= 0.6 is 0 Å². The summed E-state index contributed by atoms with van der Waals surface area (Å²) in [5.41, 5.74) is 2.64. The lowest BCUT2D eigenvalue weighted by Gasteiger charge is -2.22. The number of hydrogen-bond acceptors (Lipinski definition) is 5. The third kappa shape index (κ3) is 7.16. The summed E-state index contributed by atoms with van der Waals surface area (Å²) in [6, 6.07) is 13.2. The van der Waals surface area contributed by atoms with Crippen molar-refractivity contribution in [2.24, 2.45) is 0 Å². The Kier molecular flexibility index (Phi) is 7.36. The summed E-state index contributed by atoms with van der Waals surface area (Å²) in [4.78, 5) is 16.2. The van der Waals surface area contributed by atoms with E-state index in [9.17, 15) is 17.1 Å². The molecule has 2 aromatic carbocycles. The molecule has 1 N–H and O–H groups in total. The third-order valence-corrected chi connectivity index (χ3v) is 4.26. The highest BCUT2D eigenvalue weighted by Crippen LogP contribution is 2.18. The number of rotatable bonds is 8. The minimum Gasteiger partial charge on any atom is -0.358 e. The van der Waals surface area contributed by atoms with Gasteiger partial charge in [0.15, 0.2) is 0 Å².